The number of carbonyl (C=O) groups is 1. The van der Waals surface area contributed by atoms with Crippen LogP contribution in [-0.4, -0.2) is 55.2 Å². The van der Waals surface area contributed by atoms with E-state index in [9.17, 15) is 9.18 Å². The second-order valence-corrected chi connectivity index (χ2v) is 7.32. The molecule has 2 aromatic carbocycles. The lowest BCUT2D eigenvalue weighted by molar-refractivity contribution is -0.117. The van der Waals surface area contributed by atoms with Crippen molar-refractivity contribution in [1.29, 1.82) is 0 Å². The van der Waals surface area contributed by atoms with Gasteiger partial charge in [-0.3, -0.25) is 14.6 Å². The van der Waals surface area contributed by atoms with Gasteiger partial charge in [-0.15, -0.1) is 0 Å². The molecular weight excluding hydrogens is 385 g/mol. The average molecular weight is 406 g/mol. The minimum Gasteiger partial charge on any atom is -0.454 e. The third kappa shape index (κ3) is 4.55. The molecule has 2 aromatic rings. The maximum absolute atomic E-state index is 13.2. The van der Waals surface area contributed by atoms with Crippen molar-refractivity contribution in [2.75, 3.05) is 44.8 Å². The van der Waals surface area contributed by atoms with Crippen LogP contribution in [-0.2, 0) is 11.3 Å². The maximum Gasteiger partial charge on any atom is 0.238 e. The van der Waals surface area contributed by atoms with Crippen LogP contribution < -0.4 is 14.8 Å². The monoisotopic (exact) mass is 405 g/mol. The second kappa shape index (κ2) is 8.34. The molecule has 148 valence electrons. The quantitative estimate of drug-likeness (QED) is 0.828. The summed E-state index contributed by atoms with van der Waals surface area (Å²) in [7, 11) is 0. The first kappa shape index (κ1) is 19.0. The zero-order valence-corrected chi connectivity index (χ0v) is 16.0. The fourth-order valence-corrected chi connectivity index (χ4v) is 3.56. The van der Waals surface area contributed by atoms with E-state index in [0.717, 1.165) is 44.2 Å². The van der Waals surface area contributed by atoms with Gasteiger partial charge in [-0.05, 0) is 35.9 Å². The Morgan fingerprint density at radius 1 is 1.04 bits per heavy atom. The highest BCUT2D eigenvalue weighted by Gasteiger charge is 2.20. The molecule has 0 aliphatic carbocycles. The number of hydrogen-bond donors (Lipinski definition) is 1. The number of rotatable bonds is 5. The number of hydrogen-bond acceptors (Lipinski definition) is 5. The fraction of sp³-hybridized carbons (Fsp3) is 0.350. The molecule has 2 aliphatic heterocycles. The molecule has 1 amide bonds. The second-order valence-electron chi connectivity index (χ2n) is 6.92. The molecule has 1 N–H and O–H groups in total. The molecule has 2 heterocycles. The van der Waals surface area contributed by atoms with Crippen LogP contribution in [0, 0.1) is 5.82 Å². The van der Waals surface area contributed by atoms with E-state index in [1.165, 1.54) is 23.8 Å². The summed E-state index contributed by atoms with van der Waals surface area (Å²) in [5, 5.41) is 2.76. The molecule has 28 heavy (non-hydrogen) atoms. The fourth-order valence-electron chi connectivity index (χ4n) is 3.38. The van der Waals surface area contributed by atoms with Crippen LogP contribution in [0.4, 0.5) is 10.1 Å². The number of carbonyl (C=O) groups excluding carboxylic acids is 1. The molecule has 0 radical (unpaired) electrons. The van der Waals surface area contributed by atoms with Gasteiger partial charge in [-0.2, -0.15) is 0 Å². The van der Waals surface area contributed by atoms with Crippen LogP contribution >= 0.6 is 11.6 Å². The number of halogens is 2. The molecule has 8 heteroatoms. The SMILES string of the molecule is O=C(CN1CCN(Cc2ccc3c(c2)OCO3)CC1)Nc1ccc(F)c(Cl)c1. The van der Waals surface area contributed by atoms with E-state index < -0.39 is 5.82 Å². The summed E-state index contributed by atoms with van der Waals surface area (Å²) in [5.74, 6) is 0.959. The summed E-state index contributed by atoms with van der Waals surface area (Å²) < 4.78 is 24.0. The van der Waals surface area contributed by atoms with Crippen LogP contribution in [0.2, 0.25) is 5.02 Å². The summed E-state index contributed by atoms with van der Waals surface area (Å²) in [5.41, 5.74) is 1.68. The van der Waals surface area contributed by atoms with Crippen molar-refractivity contribution >= 4 is 23.2 Å². The average Bonchev–Trinajstić information content (AvgIpc) is 3.14. The number of nitrogens with one attached hydrogen (secondary N) is 1. The summed E-state index contributed by atoms with van der Waals surface area (Å²) >= 11 is 5.75. The lowest BCUT2D eigenvalue weighted by Gasteiger charge is -2.34. The van der Waals surface area contributed by atoms with E-state index in [-0.39, 0.29) is 17.7 Å². The number of benzene rings is 2. The molecule has 0 atom stereocenters. The smallest absolute Gasteiger partial charge is 0.238 e. The summed E-state index contributed by atoms with van der Waals surface area (Å²) in [6, 6.07) is 10.2. The summed E-state index contributed by atoms with van der Waals surface area (Å²) in [6.07, 6.45) is 0. The van der Waals surface area contributed by atoms with Crippen LogP contribution in [0.25, 0.3) is 0 Å². The molecule has 0 saturated carbocycles. The number of anilines is 1. The minimum atomic E-state index is -0.502. The lowest BCUT2D eigenvalue weighted by Crippen LogP contribution is -2.48. The van der Waals surface area contributed by atoms with Crippen molar-refractivity contribution in [2.24, 2.45) is 0 Å². The largest absolute Gasteiger partial charge is 0.454 e. The summed E-state index contributed by atoms with van der Waals surface area (Å²) in [4.78, 5) is 16.7. The van der Waals surface area contributed by atoms with Crippen LogP contribution in [0.1, 0.15) is 5.56 Å². The van der Waals surface area contributed by atoms with Crippen molar-refractivity contribution in [3.05, 3.63) is 52.8 Å². The molecule has 4 rings (SSSR count). The Hall–Kier alpha value is -2.35. The van der Waals surface area contributed by atoms with E-state index in [4.69, 9.17) is 21.1 Å². The maximum atomic E-state index is 13.2. The Morgan fingerprint density at radius 2 is 1.79 bits per heavy atom. The lowest BCUT2D eigenvalue weighted by atomic mass is 10.1. The van der Waals surface area contributed by atoms with Gasteiger partial charge >= 0.3 is 0 Å². The van der Waals surface area contributed by atoms with Crippen molar-refractivity contribution in [1.82, 2.24) is 9.80 Å². The zero-order chi connectivity index (χ0) is 19.5. The molecule has 2 aliphatic rings. The third-order valence-electron chi connectivity index (χ3n) is 4.88. The number of piperazine rings is 1. The van der Waals surface area contributed by atoms with Gasteiger partial charge in [0.15, 0.2) is 11.5 Å². The van der Waals surface area contributed by atoms with Crippen LogP contribution in [0.3, 0.4) is 0 Å². The first-order valence-electron chi connectivity index (χ1n) is 9.15. The zero-order valence-electron chi connectivity index (χ0n) is 15.3. The molecule has 1 saturated heterocycles. The molecular formula is C20H21ClFN3O3. The predicted octanol–water partition coefficient (Wildman–Crippen LogP) is 2.96. The topological polar surface area (TPSA) is 54.0 Å². The molecule has 0 aromatic heterocycles. The highest BCUT2D eigenvalue weighted by molar-refractivity contribution is 6.31. The van der Waals surface area contributed by atoms with Gasteiger partial charge in [-0.25, -0.2) is 4.39 Å². The van der Waals surface area contributed by atoms with E-state index in [0.29, 0.717) is 12.2 Å². The summed E-state index contributed by atoms with van der Waals surface area (Å²) in [6.45, 7) is 4.79. The van der Waals surface area contributed by atoms with Crippen molar-refractivity contribution in [2.45, 2.75) is 6.54 Å². The molecule has 1 fully saturated rings. The Labute approximate surface area is 167 Å². The minimum absolute atomic E-state index is 0.00469. The highest BCUT2D eigenvalue weighted by Crippen LogP contribution is 2.32. The molecule has 0 unspecified atom stereocenters. The first-order chi connectivity index (χ1) is 13.6. The van der Waals surface area contributed by atoms with Crippen molar-refractivity contribution in [3.63, 3.8) is 0 Å². The number of fused-ring (bicyclic) bond motifs is 1. The van der Waals surface area contributed by atoms with Gasteiger partial charge in [0.1, 0.15) is 5.82 Å². The van der Waals surface area contributed by atoms with Gasteiger partial charge in [0.25, 0.3) is 0 Å². The Morgan fingerprint density at radius 3 is 2.57 bits per heavy atom. The third-order valence-corrected chi connectivity index (χ3v) is 5.17. The standard InChI is InChI=1S/C20H21ClFN3O3/c21-16-10-15(2-3-17(16)22)23-20(26)12-25-7-5-24(6-8-25)11-14-1-4-18-19(9-14)28-13-27-18/h1-4,9-10H,5-8,11-13H2,(H,23,26). The van der Waals surface area contributed by atoms with Gasteiger partial charge in [0.05, 0.1) is 11.6 Å². The Bertz CT molecular complexity index is 872. The van der Waals surface area contributed by atoms with Gasteiger partial charge in [-0.1, -0.05) is 17.7 Å². The van der Waals surface area contributed by atoms with E-state index >= 15 is 0 Å². The van der Waals surface area contributed by atoms with Crippen molar-refractivity contribution in [3.8, 4) is 11.5 Å². The van der Waals surface area contributed by atoms with E-state index in [1.54, 1.807) is 0 Å². The number of amides is 1. The van der Waals surface area contributed by atoms with Crippen LogP contribution in [0.15, 0.2) is 36.4 Å². The molecule has 0 spiro atoms. The molecule has 0 bridgehead atoms. The van der Waals surface area contributed by atoms with Gasteiger partial charge in [0, 0.05) is 38.4 Å². The van der Waals surface area contributed by atoms with E-state index in [2.05, 4.69) is 21.2 Å². The van der Waals surface area contributed by atoms with Gasteiger partial charge < -0.3 is 14.8 Å². The first-order valence-corrected chi connectivity index (χ1v) is 9.53. The number of nitrogens with zero attached hydrogens (tertiary/aromatic N) is 2. The Balaban J connectivity index is 1.23. The normalized spacial score (nSPS) is 16.9. The highest BCUT2D eigenvalue weighted by atomic mass is 35.5. The van der Waals surface area contributed by atoms with Crippen molar-refractivity contribution < 1.29 is 18.7 Å². The predicted molar refractivity (Wildman–Crippen MR) is 104 cm³/mol. The number of ether oxygens (including phenoxy) is 2. The Kier molecular flexibility index (Phi) is 5.66. The van der Waals surface area contributed by atoms with Gasteiger partial charge in [0.2, 0.25) is 12.7 Å². The molecule has 6 nitrogen and oxygen atoms in total. The van der Waals surface area contributed by atoms with E-state index in [1.807, 2.05) is 12.1 Å². The van der Waals surface area contributed by atoms with Crippen LogP contribution in [0.5, 0.6) is 11.5 Å².